The molecule has 1 aromatic rings. The van der Waals surface area contributed by atoms with Gasteiger partial charge in [0.25, 0.3) is 11.6 Å². The number of carbonyl (C=O) groups excluding carboxylic acids is 1. The van der Waals surface area contributed by atoms with Crippen molar-refractivity contribution in [2.75, 3.05) is 5.33 Å². The summed E-state index contributed by atoms with van der Waals surface area (Å²) in [5.41, 5.74) is 1.03. The molecule has 104 valence electrons. The molecule has 5 nitrogen and oxygen atoms in total. The predicted octanol–water partition coefficient (Wildman–Crippen LogP) is 3.20. The van der Waals surface area contributed by atoms with E-state index < -0.39 is 4.92 Å². The van der Waals surface area contributed by atoms with Crippen molar-refractivity contribution in [2.45, 2.75) is 32.7 Å². The molecule has 0 heterocycles. The SMILES string of the molecule is CCC(CCBr)NC(=O)c1cc([N+](=O)[O-])ccc1C. The number of nitrogens with one attached hydrogen (secondary N) is 1. The fourth-order valence-electron chi connectivity index (χ4n) is 1.74. The van der Waals surface area contributed by atoms with Crippen LogP contribution >= 0.6 is 15.9 Å². The van der Waals surface area contributed by atoms with Gasteiger partial charge < -0.3 is 5.32 Å². The highest BCUT2D eigenvalue weighted by Crippen LogP contribution is 2.17. The van der Waals surface area contributed by atoms with Gasteiger partial charge in [-0.2, -0.15) is 0 Å². The number of halogens is 1. The summed E-state index contributed by atoms with van der Waals surface area (Å²) in [6.45, 7) is 3.76. The van der Waals surface area contributed by atoms with E-state index in [1.165, 1.54) is 12.1 Å². The van der Waals surface area contributed by atoms with E-state index in [2.05, 4.69) is 21.2 Å². The molecule has 0 aliphatic rings. The van der Waals surface area contributed by atoms with Gasteiger partial charge in [-0.15, -0.1) is 0 Å². The third-order valence-electron chi connectivity index (χ3n) is 2.96. The van der Waals surface area contributed by atoms with E-state index in [0.29, 0.717) is 5.56 Å². The second kappa shape index (κ2) is 7.23. The van der Waals surface area contributed by atoms with Crippen LogP contribution in [-0.2, 0) is 0 Å². The summed E-state index contributed by atoms with van der Waals surface area (Å²) in [5.74, 6) is -0.256. The quantitative estimate of drug-likeness (QED) is 0.495. The molecule has 1 amide bonds. The van der Waals surface area contributed by atoms with Crippen LogP contribution in [0.1, 0.15) is 35.7 Å². The standard InChI is InChI=1S/C13H17BrN2O3/c1-3-10(6-7-14)15-13(17)12-8-11(16(18)19)5-4-9(12)2/h4-5,8,10H,3,6-7H2,1-2H3,(H,15,17). The lowest BCUT2D eigenvalue weighted by Crippen LogP contribution is -2.35. The first-order chi connectivity index (χ1) is 8.99. The van der Waals surface area contributed by atoms with Gasteiger partial charge in [0, 0.05) is 29.1 Å². The number of nitro groups is 1. The molecule has 0 aromatic heterocycles. The van der Waals surface area contributed by atoms with Crippen LogP contribution in [0.4, 0.5) is 5.69 Å². The van der Waals surface area contributed by atoms with Crippen LogP contribution < -0.4 is 5.32 Å². The van der Waals surface area contributed by atoms with Crippen LogP contribution in [0.15, 0.2) is 18.2 Å². The monoisotopic (exact) mass is 328 g/mol. The Morgan fingerprint density at radius 2 is 2.21 bits per heavy atom. The van der Waals surface area contributed by atoms with Crippen molar-refractivity contribution in [1.29, 1.82) is 0 Å². The van der Waals surface area contributed by atoms with Crippen molar-refractivity contribution in [3.8, 4) is 0 Å². The summed E-state index contributed by atoms with van der Waals surface area (Å²) in [4.78, 5) is 22.4. The zero-order valence-corrected chi connectivity index (χ0v) is 12.6. The van der Waals surface area contributed by atoms with E-state index in [0.717, 1.165) is 23.7 Å². The summed E-state index contributed by atoms with van der Waals surface area (Å²) < 4.78 is 0. The highest BCUT2D eigenvalue weighted by Gasteiger charge is 2.17. The zero-order chi connectivity index (χ0) is 14.4. The van der Waals surface area contributed by atoms with Gasteiger partial charge in [0.1, 0.15) is 0 Å². The van der Waals surface area contributed by atoms with E-state index in [1.54, 1.807) is 13.0 Å². The lowest BCUT2D eigenvalue weighted by Gasteiger charge is -2.16. The number of nitro benzene ring substituents is 1. The second-order valence-corrected chi connectivity index (χ2v) is 5.11. The van der Waals surface area contributed by atoms with Crippen molar-refractivity contribution in [3.63, 3.8) is 0 Å². The number of non-ortho nitro benzene ring substituents is 1. The number of nitrogens with zero attached hydrogens (tertiary/aromatic N) is 1. The summed E-state index contributed by atoms with van der Waals surface area (Å²) in [5, 5.41) is 14.4. The molecule has 6 heteroatoms. The normalized spacial score (nSPS) is 11.9. The van der Waals surface area contributed by atoms with Gasteiger partial charge in [0.2, 0.25) is 0 Å². The van der Waals surface area contributed by atoms with Crippen LogP contribution in [0.25, 0.3) is 0 Å². The van der Waals surface area contributed by atoms with E-state index in [-0.39, 0.29) is 17.6 Å². The van der Waals surface area contributed by atoms with E-state index in [9.17, 15) is 14.9 Å². The first kappa shape index (κ1) is 15.6. The van der Waals surface area contributed by atoms with Crippen LogP contribution in [-0.4, -0.2) is 22.2 Å². The number of aryl methyl sites for hydroxylation is 1. The number of hydrogen-bond acceptors (Lipinski definition) is 3. The van der Waals surface area contributed by atoms with Gasteiger partial charge in [0.15, 0.2) is 0 Å². The molecule has 1 N–H and O–H groups in total. The highest BCUT2D eigenvalue weighted by atomic mass is 79.9. The Morgan fingerprint density at radius 1 is 1.53 bits per heavy atom. The molecule has 0 bridgehead atoms. The number of hydrogen-bond donors (Lipinski definition) is 1. The van der Waals surface area contributed by atoms with Gasteiger partial charge in [-0.05, 0) is 25.3 Å². The molecular formula is C13H17BrN2O3. The lowest BCUT2D eigenvalue weighted by atomic mass is 10.1. The maximum absolute atomic E-state index is 12.1. The molecule has 0 fully saturated rings. The molecule has 1 aromatic carbocycles. The summed E-state index contributed by atoms with van der Waals surface area (Å²) >= 11 is 3.34. The number of rotatable bonds is 6. The Kier molecular flexibility index (Phi) is 5.95. The fourth-order valence-corrected chi connectivity index (χ4v) is 2.29. The van der Waals surface area contributed by atoms with Gasteiger partial charge in [0.05, 0.1) is 4.92 Å². The number of carbonyl (C=O) groups is 1. The zero-order valence-electron chi connectivity index (χ0n) is 11.0. The maximum Gasteiger partial charge on any atom is 0.270 e. The highest BCUT2D eigenvalue weighted by molar-refractivity contribution is 9.09. The molecule has 0 spiro atoms. The molecule has 19 heavy (non-hydrogen) atoms. The van der Waals surface area contributed by atoms with Crippen molar-refractivity contribution in [3.05, 3.63) is 39.4 Å². The molecule has 0 aliphatic heterocycles. The van der Waals surface area contributed by atoms with E-state index >= 15 is 0 Å². The molecule has 1 unspecified atom stereocenters. The van der Waals surface area contributed by atoms with Crippen molar-refractivity contribution in [1.82, 2.24) is 5.32 Å². The van der Waals surface area contributed by atoms with E-state index in [4.69, 9.17) is 0 Å². The van der Waals surface area contributed by atoms with E-state index in [1.807, 2.05) is 6.92 Å². The largest absolute Gasteiger partial charge is 0.349 e. The summed E-state index contributed by atoms with van der Waals surface area (Å²) in [6, 6.07) is 4.40. The van der Waals surface area contributed by atoms with Crippen molar-refractivity contribution < 1.29 is 9.72 Å². The average molecular weight is 329 g/mol. The second-order valence-electron chi connectivity index (χ2n) is 4.31. The molecule has 0 aliphatic carbocycles. The van der Waals surface area contributed by atoms with Crippen molar-refractivity contribution >= 4 is 27.5 Å². The van der Waals surface area contributed by atoms with Crippen LogP contribution in [0, 0.1) is 17.0 Å². The van der Waals surface area contributed by atoms with Gasteiger partial charge in [-0.3, -0.25) is 14.9 Å². The Bertz CT molecular complexity index is 477. The minimum atomic E-state index is -0.494. The third kappa shape index (κ3) is 4.31. The summed E-state index contributed by atoms with van der Waals surface area (Å²) in [7, 11) is 0. The fraction of sp³-hybridized carbons (Fsp3) is 0.462. The summed E-state index contributed by atoms with van der Waals surface area (Å²) in [6.07, 6.45) is 1.65. The van der Waals surface area contributed by atoms with Crippen molar-refractivity contribution in [2.24, 2.45) is 0 Å². The molecule has 0 saturated heterocycles. The van der Waals surface area contributed by atoms with Crippen LogP contribution in [0.2, 0.25) is 0 Å². The Morgan fingerprint density at radius 3 is 2.74 bits per heavy atom. The smallest absolute Gasteiger partial charge is 0.270 e. The molecule has 0 radical (unpaired) electrons. The number of alkyl halides is 1. The molecular weight excluding hydrogens is 312 g/mol. The Hall–Kier alpha value is -1.43. The third-order valence-corrected chi connectivity index (χ3v) is 3.42. The van der Waals surface area contributed by atoms with Gasteiger partial charge in [-0.1, -0.05) is 28.9 Å². The Labute approximate surface area is 120 Å². The molecule has 0 saturated carbocycles. The maximum atomic E-state index is 12.1. The Balaban J connectivity index is 2.92. The van der Waals surface area contributed by atoms with Crippen LogP contribution in [0.3, 0.4) is 0 Å². The first-order valence-electron chi connectivity index (χ1n) is 6.11. The van der Waals surface area contributed by atoms with Crippen LogP contribution in [0.5, 0.6) is 0 Å². The minimum Gasteiger partial charge on any atom is -0.349 e. The first-order valence-corrected chi connectivity index (χ1v) is 7.23. The average Bonchev–Trinajstić information content (AvgIpc) is 2.38. The van der Waals surface area contributed by atoms with Gasteiger partial charge in [-0.25, -0.2) is 0 Å². The predicted molar refractivity (Wildman–Crippen MR) is 77.8 cm³/mol. The molecule has 1 atom stereocenters. The topological polar surface area (TPSA) is 72.2 Å². The number of amides is 1. The van der Waals surface area contributed by atoms with Gasteiger partial charge >= 0.3 is 0 Å². The lowest BCUT2D eigenvalue weighted by molar-refractivity contribution is -0.384. The number of benzene rings is 1. The molecule has 1 rings (SSSR count). The minimum absolute atomic E-state index is 0.0655.